The van der Waals surface area contributed by atoms with Crippen LogP contribution >= 0.6 is 0 Å². The highest BCUT2D eigenvalue weighted by Crippen LogP contribution is 2.10. The molecule has 0 rings (SSSR count). The average Bonchev–Trinajstić information content (AvgIpc) is 2.53. The molecule has 1 heteroatoms. The molecule has 0 saturated heterocycles. The Bertz CT molecular complexity index is 244. The van der Waals surface area contributed by atoms with Crippen molar-refractivity contribution in [2.24, 2.45) is 0 Å². The van der Waals surface area contributed by atoms with Crippen LogP contribution in [0.4, 0.5) is 0 Å². The van der Waals surface area contributed by atoms with Crippen molar-refractivity contribution in [1.29, 1.82) is 0 Å². The normalized spacial score (nSPS) is 12.8. The maximum absolute atomic E-state index is 5.58. The Labute approximate surface area is 140 Å². The van der Waals surface area contributed by atoms with E-state index in [1.54, 1.807) is 0 Å². The van der Waals surface area contributed by atoms with E-state index in [0.717, 1.165) is 0 Å². The maximum Gasteiger partial charge on any atom is 0.0648 e. The van der Waals surface area contributed by atoms with Crippen LogP contribution in [0, 0.1) is 0 Å². The summed E-state index contributed by atoms with van der Waals surface area (Å²) >= 11 is 0. The second-order valence-corrected chi connectivity index (χ2v) is 6.45. The minimum absolute atomic E-state index is 0.384. The van der Waals surface area contributed by atoms with Crippen LogP contribution in [-0.2, 0) is 4.74 Å². The molecule has 0 fully saturated rings. The molecular formula is C21H40O. The van der Waals surface area contributed by atoms with Gasteiger partial charge >= 0.3 is 0 Å². The van der Waals surface area contributed by atoms with Crippen LogP contribution in [0.25, 0.3) is 0 Å². The first-order chi connectivity index (χ1) is 10.8. The minimum atomic E-state index is 0.384. The molecule has 0 aliphatic rings. The second-order valence-electron chi connectivity index (χ2n) is 6.45. The molecule has 0 aliphatic carbocycles. The highest BCUT2D eigenvalue weighted by molar-refractivity contribution is 4.81. The molecule has 0 radical (unpaired) electrons. The van der Waals surface area contributed by atoms with E-state index in [2.05, 4.69) is 32.6 Å². The maximum atomic E-state index is 5.58. The summed E-state index contributed by atoms with van der Waals surface area (Å²) in [6.45, 7) is 8.80. The zero-order valence-electron chi connectivity index (χ0n) is 15.3. The quantitative estimate of drug-likeness (QED) is 0.203. The van der Waals surface area contributed by atoms with E-state index in [4.69, 9.17) is 4.74 Å². The summed E-state index contributed by atoms with van der Waals surface area (Å²) in [6.07, 6.45) is 24.5. The molecular weight excluding hydrogens is 268 g/mol. The minimum Gasteiger partial charge on any atom is -0.374 e. The van der Waals surface area contributed by atoms with Crippen molar-refractivity contribution in [3.05, 3.63) is 24.8 Å². The predicted octanol–water partition coefficient (Wildman–Crippen LogP) is 7.22. The first kappa shape index (κ1) is 21.4. The van der Waals surface area contributed by atoms with Crippen molar-refractivity contribution in [3.63, 3.8) is 0 Å². The van der Waals surface area contributed by atoms with Crippen LogP contribution in [0.3, 0.4) is 0 Å². The van der Waals surface area contributed by atoms with E-state index >= 15 is 0 Å². The third-order valence-corrected chi connectivity index (χ3v) is 4.12. The van der Waals surface area contributed by atoms with Crippen molar-refractivity contribution in [2.75, 3.05) is 6.61 Å². The molecule has 22 heavy (non-hydrogen) atoms. The summed E-state index contributed by atoms with van der Waals surface area (Å²) < 4.78 is 5.58. The zero-order chi connectivity index (χ0) is 16.3. The molecule has 0 saturated carbocycles. The van der Waals surface area contributed by atoms with Crippen LogP contribution in [0.1, 0.15) is 97.3 Å². The van der Waals surface area contributed by atoms with Gasteiger partial charge in [-0.25, -0.2) is 0 Å². The summed E-state index contributed by atoms with van der Waals surface area (Å²) in [7, 11) is 0. The van der Waals surface area contributed by atoms with Gasteiger partial charge in [-0.15, -0.1) is 6.58 Å². The third-order valence-electron chi connectivity index (χ3n) is 4.12. The number of unbranched alkanes of at least 4 members (excludes halogenated alkanes) is 10. The van der Waals surface area contributed by atoms with Crippen LogP contribution in [0.5, 0.6) is 0 Å². The second kappa shape index (κ2) is 18.5. The monoisotopic (exact) mass is 308 g/mol. The average molecular weight is 309 g/mol. The van der Waals surface area contributed by atoms with Crippen molar-refractivity contribution in [2.45, 2.75) is 103 Å². The number of rotatable bonds is 17. The molecule has 0 aromatic carbocycles. The van der Waals surface area contributed by atoms with Gasteiger partial charge in [-0.1, -0.05) is 76.5 Å². The molecule has 0 amide bonds. The fourth-order valence-electron chi connectivity index (χ4n) is 2.64. The van der Waals surface area contributed by atoms with E-state index in [9.17, 15) is 0 Å². The smallest absolute Gasteiger partial charge is 0.0648 e. The van der Waals surface area contributed by atoms with Crippen LogP contribution < -0.4 is 0 Å². The Hall–Kier alpha value is -0.560. The van der Waals surface area contributed by atoms with Gasteiger partial charge in [0.2, 0.25) is 0 Å². The van der Waals surface area contributed by atoms with Crippen molar-refractivity contribution in [1.82, 2.24) is 0 Å². The van der Waals surface area contributed by atoms with E-state index < -0.39 is 0 Å². The Morgan fingerprint density at radius 2 is 1.36 bits per heavy atom. The summed E-state index contributed by atoms with van der Waals surface area (Å²) in [6, 6.07) is 0. The Morgan fingerprint density at radius 1 is 0.818 bits per heavy atom. The van der Waals surface area contributed by atoms with Gasteiger partial charge in [0.1, 0.15) is 0 Å². The molecule has 0 aromatic heterocycles. The van der Waals surface area contributed by atoms with E-state index in [1.807, 2.05) is 6.08 Å². The summed E-state index contributed by atoms with van der Waals surface area (Å²) in [5, 5.41) is 0. The fraction of sp³-hybridized carbons (Fsp3) is 0.810. The molecule has 0 spiro atoms. The lowest BCUT2D eigenvalue weighted by molar-refractivity contribution is 0.0799. The van der Waals surface area contributed by atoms with Gasteiger partial charge in [0, 0.05) is 0 Å². The number of allylic oxidation sites excluding steroid dienone is 2. The van der Waals surface area contributed by atoms with Crippen LogP contribution in [0.15, 0.2) is 24.8 Å². The number of hydrogen-bond acceptors (Lipinski definition) is 1. The van der Waals surface area contributed by atoms with Crippen LogP contribution in [-0.4, -0.2) is 12.7 Å². The van der Waals surface area contributed by atoms with Gasteiger partial charge in [-0.05, 0) is 39.0 Å². The Balaban J connectivity index is 3.15. The lowest BCUT2D eigenvalue weighted by Crippen LogP contribution is -2.07. The summed E-state index contributed by atoms with van der Waals surface area (Å²) in [5.74, 6) is 0. The molecule has 0 heterocycles. The molecule has 130 valence electrons. The summed E-state index contributed by atoms with van der Waals surface area (Å²) in [4.78, 5) is 0. The highest BCUT2D eigenvalue weighted by atomic mass is 16.5. The first-order valence-electron chi connectivity index (χ1n) is 9.68. The molecule has 1 unspecified atom stereocenters. The molecule has 1 atom stereocenters. The largest absolute Gasteiger partial charge is 0.374 e. The van der Waals surface area contributed by atoms with Crippen LogP contribution in [0.2, 0.25) is 0 Å². The van der Waals surface area contributed by atoms with Crippen molar-refractivity contribution in [3.8, 4) is 0 Å². The van der Waals surface area contributed by atoms with Gasteiger partial charge in [0.25, 0.3) is 0 Å². The number of ether oxygens (including phenoxy) is 1. The fourth-order valence-corrected chi connectivity index (χ4v) is 2.64. The molecule has 0 aromatic rings. The Kier molecular flexibility index (Phi) is 18.0. The van der Waals surface area contributed by atoms with Gasteiger partial charge in [-0.3, -0.25) is 0 Å². The lowest BCUT2D eigenvalue weighted by Gasteiger charge is -2.10. The summed E-state index contributed by atoms with van der Waals surface area (Å²) in [5.41, 5.74) is 0. The van der Waals surface area contributed by atoms with Gasteiger partial charge in [0.05, 0.1) is 12.7 Å². The van der Waals surface area contributed by atoms with Crippen molar-refractivity contribution < 1.29 is 4.74 Å². The molecule has 0 N–H and O–H groups in total. The topological polar surface area (TPSA) is 9.23 Å². The van der Waals surface area contributed by atoms with Gasteiger partial charge in [0.15, 0.2) is 0 Å². The Morgan fingerprint density at radius 3 is 1.95 bits per heavy atom. The van der Waals surface area contributed by atoms with Gasteiger partial charge < -0.3 is 4.74 Å². The molecule has 0 bridgehead atoms. The standard InChI is InChI=1S/C21H40O/c1-4-6-7-8-9-10-11-12-13-14-15-16-17-18-19-21(3)22-20-5-2/h5,12-13,21H,2,4,6-11,14-20H2,1,3H3/b13-12+. The van der Waals surface area contributed by atoms with Gasteiger partial charge in [-0.2, -0.15) is 0 Å². The predicted molar refractivity (Wildman–Crippen MR) is 100 cm³/mol. The third kappa shape index (κ3) is 17.5. The molecule has 1 nitrogen and oxygen atoms in total. The van der Waals surface area contributed by atoms with E-state index in [-0.39, 0.29) is 0 Å². The zero-order valence-corrected chi connectivity index (χ0v) is 15.3. The molecule has 0 aliphatic heterocycles. The number of hydrogen-bond donors (Lipinski definition) is 0. The van der Waals surface area contributed by atoms with Crippen molar-refractivity contribution >= 4 is 0 Å². The first-order valence-corrected chi connectivity index (χ1v) is 9.68. The lowest BCUT2D eigenvalue weighted by atomic mass is 10.1. The highest BCUT2D eigenvalue weighted by Gasteiger charge is 2.00. The van der Waals surface area contributed by atoms with E-state index in [1.165, 1.54) is 83.5 Å². The SMILES string of the molecule is C=CCOC(C)CCCCCC/C=C/CCCCCCCC. The van der Waals surface area contributed by atoms with E-state index in [0.29, 0.717) is 12.7 Å².